The zero-order valence-electron chi connectivity index (χ0n) is 11.2. The Balaban J connectivity index is 2.58. The molecule has 0 aliphatic heterocycles. The third-order valence-corrected chi connectivity index (χ3v) is 3.25. The fourth-order valence-electron chi connectivity index (χ4n) is 2.27. The summed E-state index contributed by atoms with van der Waals surface area (Å²) in [5.74, 6) is -0.969. The van der Waals surface area contributed by atoms with Crippen molar-refractivity contribution < 1.29 is 19.4 Å². The lowest BCUT2D eigenvalue weighted by atomic mass is 9.86. The van der Waals surface area contributed by atoms with Crippen molar-refractivity contribution in [2.24, 2.45) is 5.92 Å². The minimum Gasteiger partial charge on any atom is -0.481 e. The molecule has 2 atom stereocenters. The second-order valence-corrected chi connectivity index (χ2v) is 4.75. The van der Waals surface area contributed by atoms with Gasteiger partial charge >= 0.3 is 11.9 Å². The molecule has 0 aromatic rings. The summed E-state index contributed by atoms with van der Waals surface area (Å²) < 4.78 is 4.56. The molecule has 1 aliphatic carbocycles. The fourth-order valence-corrected chi connectivity index (χ4v) is 2.27. The van der Waals surface area contributed by atoms with Crippen LogP contribution in [0.5, 0.6) is 0 Å². The number of rotatable bonds is 7. The maximum Gasteiger partial charge on any atom is 0.311 e. The van der Waals surface area contributed by atoms with Gasteiger partial charge in [-0.2, -0.15) is 0 Å². The van der Waals surface area contributed by atoms with Crippen LogP contribution in [0.25, 0.3) is 0 Å². The number of carboxylic acids is 1. The van der Waals surface area contributed by atoms with Gasteiger partial charge in [0.1, 0.15) is 0 Å². The third-order valence-electron chi connectivity index (χ3n) is 3.25. The molecule has 1 rings (SSSR count). The Morgan fingerprint density at radius 1 is 1.53 bits per heavy atom. The van der Waals surface area contributed by atoms with Crippen LogP contribution in [0.2, 0.25) is 0 Å². The van der Waals surface area contributed by atoms with Crippen molar-refractivity contribution >= 4 is 11.9 Å². The molecule has 0 spiro atoms. The van der Waals surface area contributed by atoms with Crippen molar-refractivity contribution in [1.82, 2.24) is 5.32 Å². The third kappa shape index (κ3) is 5.59. The first-order valence-electron chi connectivity index (χ1n) is 6.41. The summed E-state index contributed by atoms with van der Waals surface area (Å²) in [6, 6.07) is -0.195. The van der Waals surface area contributed by atoms with Gasteiger partial charge in [-0.15, -0.1) is 0 Å². The molecule has 2 N–H and O–H groups in total. The Morgan fingerprint density at radius 2 is 2.26 bits per heavy atom. The smallest absolute Gasteiger partial charge is 0.311 e. The highest BCUT2D eigenvalue weighted by molar-refractivity contribution is 5.72. The van der Waals surface area contributed by atoms with Crippen LogP contribution in [0.3, 0.4) is 0 Å². The highest BCUT2D eigenvalue weighted by Gasteiger charge is 2.24. The van der Waals surface area contributed by atoms with E-state index in [1.54, 1.807) is 0 Å². The molecule has 1 aliphatic rings. The van der Waals surface area contributed by atoms with Crippen molar-refractivity contribution in [2.45, 2.75) is 38.1 Å². The first kappa shape index (κ1) is 15.3. The summed E-state index contributed by atoms with van der Waals surface area (Å²) >= 11 is 0. The van der Waals surface area contributed by atoms with E-state index in [1.165, 1.54) is 7.11 Å². The molecule has 0 aromatic heterocycles. The normalized spacial score (nSPS) is 19.5. The van der Waals surface area contributed by atoms with E-state index in [4.69, 9.17) is 5.11 Å². The van der Waals surface area contributed by atoms with E-state index in [0.717, 1.165) is 19.3 Å². The maximum atomic E-state index is 11.2. The number of aliphatic carboxylic acids is 1. The average Bonchev–Trinajstić information content (AvgIpc) is 2.38. The maximum absolute atomic E-state index is 11.2. The van der Waals surface area contributed by atoms with Crippen LogP contribution >= 0.6 is 0 Å². The number of carbonyl (C=O) groups excluding carboxylic acids is 1. The van der Waals surface area contributed by atoms with Crippen LogP contribution in [0.1, 0.15) is 32.1 Å². The summed E-state index contributed by atoms with van der Waals surface area (Å²) in [5, 5.41) is 12.0. The van der Waals surface area contributed by atoms with Gasteiger partial charge in [0, 0.05) is 11.7 Å². The molecular formula is C14H21NO4. The summed E-state index contributed by atoms with van der Waals surface area (Å²) in [6.07, 6.45) is 7.05. The van der Waals surface area contributed by atoms with E-state index in [2.05, 4.69) is 28.8 Å². The molecule has 106 valence electrons. The van der Waals surface area contributed by atoms with E-state index in [0.29, 0.717) is 5.70 Å². The summed E-state index contributed by atoms with van der Waals surface area (Å²) in [5.41, 5.74) is 0.507. The van der Waals surface area contributed by atoms with E-state index < -0.39 is 5.97 Å². The molecule has 0 saturated heterocycles. The van der Waals surface area contributed by atoms with E-state index in [-0.39, 0.29) is 30.8 Å². The van der Waals surface area contributed by atoms with Crippen LogP contribution in [0, 0.1) is 5.92 Å². The van der Waals surface area contributed by atoms with Gasteiger partial charge in [-0.3, -0.25) is 9.59 Å². The fraction of sp³-hybridized carbons (Fsp3) is 0.571. The molecule has 0 saturated carbocycles. The summed E-state index contributed by atoms with van der Waals surface area (Å²) in [6.45, 7) is 3.76. The average molecular weight is 267 g/mol. The molecular weight excluding hydrogens is 246 g/mol. The van der Waals surface area contributed by atoms with Gasteiger partial charge in [0.25, 0.3) is 0 Å². The Morgan fingerprint density at radius 3 is 2.79 bits per heavy atom. The molecule has 0 aromatic carbocycles. The van der Waals surface area contributed by atoms with Crippen molar-refractivity contribution in [3.05, 3.63) is 24.4 Å². The number of esters is 1. The molecule has 2 unspecified atom stereocenters. The molecule has 0 fully saturated rings. The molecule has 0 bridgehead atoms. The molecule has 0 heterocycles. The molecule has 0 amide bonds. The zero-order valence-corrected chi connectivity index (χ0v) is 11.2. The Labute approximate surface area is 113 Å². The number of carbonyl (C=O) groups is 2. The van der Waals surface area contributed by atoms with Crippen LogP contribution in [-0.2, 0) is 14.3 Å². The van der Waals surface area contributed by atoms with Gasteiger partial charge in [-0.05, 0) is 25.2 Å². The number of nitrogens with one attached hydrogen (secondary N) is 1. The van der Waals surface area contributed by atoms with E-state index in [9.17, 15) is 9.59 Å². The lowest BCUT2D eigenvalue weighted by molar-refractivity contribution is -0.139. The zero-order chi connectivity index (χ0) is 14.3. The van der Waals surface area contributed by atoms with Gasteiger partial charge in [-0.25, -0.2) is 0 Å². The van der Waals surface area contributed by atoms with Crippen LogP contribution in [-0.4, -0.2) is 30.2 Å². The lowest BCUT2D eigenvalue weighted by Gasteiger charge is -2.29. The number of hydrogen-bond donors (Lipinski definition) is 2. The summed E-state index contributed by atoms with van der Waals surface area (Å²) in [4.78, 5) is 22.1. The summed E-state index contributed by atoms with van der Waals surface area (Å²) in [7, 11) is 1.32. The second kappa shape index (κ2) is 7.61. The number of allylic oxidation sites excluding steroid dienone is 2. The topological polar surface area (TPSA) is 75.6 Å². The molecule has 5 heteroatoms. The van der Waals surface area contributed by atoms with Gasteiger partial charge in [0.05, 0.1) is 20.0 Å². The predicted octanol–water partition coefficient (Wildman–Crippen LogP) is 1.85. The van der Waals surface area contributed by atoms with E-state index in [1.807, 2.05) is 0 Å². The van der Waals surface area contributed by atoms with Crippen molar-refractivity contribution in [2.75, 3.05) is 7.11 Å². The van der Waals surface area contributed by atoms with E-state index >= 15 is 0 Å². The quantitative estimate of drug-likeness (QED) is 0.544. The molecule has 0 radical (unpaired) electrons. The first-order chi connectivity index (χ1) is 9.02. The minimum absolute atomic E-state index is 0.0265. The minimum atomic E-state index is -0.849. The van der Waals surface area contributed by atoms with Crippen LogP contribution in [0.4, 0.5) is 0 Å². The standard InChI is InChI=1S/C14H21NO4/c1-10(8-14(18)19-2)15-12(9-13(16)17)11-6-4-3-5-7-11/h3-4,11-12,15H,1,5-9H2,2H3,(H,16,17). The number of ether oxygens (including phenoxy) is 1. The van der Waals surface area contributed by atoms with Crippen molar-refractivity contribution in [3.8, 4) is 0 Å². The van der Waals surface area contributed by atoms with Gasteiger partial charge < -0.3 is 15.2 Å². The Kier molecular flexibility index (Phi) is 6.12. The van der Waals surface area contributed by atoms with Crippen molar-refractivity contribution in [3.63, 3.8) is 0 Å². The number of methoxy groups -OCH3 is 1. The number of carboxylic acid groups (broad SMARTS) is 1. The van der Waals surface area contributed by atoms with Crippen molar-refractivity contribution in [1.29, 1.82) is 0 Å². The SMILES string of the molecule is C=C(CC(=O)OC)NC(CC(=O)O)C1CC=CCC1. The van der Waals surface area contributed by atoms with Gasteiger partial charge in [-0.1, -0.05) is 18.7 Å². The van der Waals surface area contributed by atoms with Gasteiger partial charge in [0.2, 0.25) is 0 Å². The predicted molar refractivity (Wildman–Crippen MR) is 71.4 cm³/mol. The Bertz CT molecular complexity index is 376. The highest BCUT2D eigenvalue weighted by atomic mass is 16.5. The lowest BCUT2D eigenvalue weighted by Crippen LogP contribution is -2.38. The molecule has 5 nitrogen and oxygen atoms in total. The monoisotopic (exact) mass is 267 g/mol. The molecule has 19 heavy (non-hydrogen) atoms. The largest absolute Gasteiger partial charge is 0.481 e. The Hall–Kier alpha value is -1.78. The first-order valence-corrected chi connectivity index (χ1v) is 6.41. The van der Waals surface area contributed by atoms with Crippen LogP contribution in [0.15, 0.2) is 24.4 Å². The van der Waals surface area contributed by atoms with Crippen LogP contribution < -0.4 is 5.32 Å². The number of hydrogen-bond acceptors (Lipinski definition) is 4. The highest BCUT2D eigenvalue weighted by Crippen LogP contribution is 2.24. The second-order valence-electron chi connectivity index (χ2n) is 4.75. The van der Waals surface area contributed by atoms with Gasteiger partial charge in [0.15, 0.2) is 0 Å².